The molecular weight excluding hydrogens is 396 g/mol. The van der Waals surface area contributed by atoms with E-state index in [-0.39, 0.29) is 51.7 Å². The van der Waals surface area contributed by atoms with Gasteiger partial charge >= 0.3 is 0 Å². The lowest BCUT2D eigenvalue weighted by Gasteiger charge is -2.38. The second-order valence-electron chi connectivity index (χ2n) is 6.96. The molecule has 2 radical (unpaired) electrons. The third-order valence-corrected chi connectivity index (χ3v) is 6.20. The normalized spacial score (nSPS) is 25.9. The van der Waals surface area contributed by atoms with Crippen LogP contribution in [0, 0.1) is 17.9 Å². The average Bonchev–Trinajstić information content (AvgIpc) is 2.96. The fourth-order valence-electron chi connectivity index (χ4n) is 2.90. The van der Waals surface area contributed by atoms with Gasteiger partial charge in [0.15, 0.2) is 0 Å². The highest BCUT2D eigenvalue weighted by Gasteiger charge is 2.46. The summed E-state index contributed by atoms with van der Waals surface area (Å²) < 4.78 is 38.2. The molecule has 1 rings (SSSR count). The molecule has 1 N–H and O–H groups in total. The van der Waals surface area contributed by atoms with Crippen LogP contribution >= 0.6 is 8.53 Å². The number of ether oxygens (including phenoxy) is 3. The monoisotopic (exact) mass is 428 g/mol. The Morgan fingerprint density at radius 1 is 1.34 bits per heavy atom. The summed E-state index contributed by atoms with van der Waals surface area (Å²) in [6.07, 6.45) is -1.71. The van der Waals surface area contributed by atoms with E-state index in [1.54, 1.807) is 0 Å². The molecule has 1 aliphatic heterocycles. The molecule has 1 aliphatic rings. The quantitative estimate of drug-likeness (QED) is 0.139. The number of aliphatic hydroxyl groups excluding tert-OH is 1. The van der Waals surface area contributed by atoms with Crippen LogP contribution in [0.25, 0.3) is 4.85 Å². The van der Waals surface area contributed by atoms with Gasteiger partial charge in [-0.15, -0.1) is 0 Å². The van der Waals surface area contributed by atoms with Gasteiger partial charge in [0.05, 0.1) is 25.7 Å². The smallest absolute Gasteiger partial charge is 0.259 e. The zero-order valence-electron chi connectivity index (χ0n) is 18.5. The van der Waals surface area contributed by atoms with Gasteiger partial charge in [0.1, 0.15) is 39.6 Å². The standard InChI is InChI=1S/C18H31BN3O6P/c1-13(2)22(14(3)4)29(26-10-8-21-5)28-16-15(11-23)27-18(19)17(16)25-12-24-9-6-7-20/h13-18,23H,6,8-12H2,1-4H3/t15-,16?,17+,18-,29?/m1/s1/i23D. The Kier molecular flexibility index (Phi) is 12.0. The van der Waals surface area contributed by atoms with Crippen molar-refractivity contribution >= 4 is 16.4 Å². The Hall–Kier alpha value is -0.805. The van der Waals surface area contributed by atoms with Crippen LogP contribution in [0.4, 0.5) is 0 Å². The molecule has 162 valence electrons. The molecule has 5 atom stereocenters. The molecular formula is C18H31BN3O6P. The molecule has 11 heteroatoms. The van der Waals surface area contributed by atoms with Crippen LogP contribution < -0.4 is 0 Å². The van der Waals surface area contributed by atoms with Crippen LogP contribution in [-0.4, -0.2) is 88.6 Å². The van der Waals surface area contributed by atoms with Crippen molar-refractivity contribution in [1.82, 2.24) is 4.67 Å². The fraction of sp³-hybridized carbons (Fsp3) is 0.889. The van der Waals surface area contributed by atoms with Crippen LogP contribution in [0.3, 0.4) is 0 Å². The zero-order valence-corrected chi connectivity index (χ0v) is 18.4. The number of nitrogens with zero attached hydrogens (tertiary/aromatic N) is 3. The fourth-order valence-corrected chi connectivity index (χ4v) is 4.66. The van der Waals surface area contributed by atoms with E-state index in [1.807, 2.05) is 33.8 Å². The van der Waals surface area contributed by atoms with Crippen molar-refractivity contribution in [3.63, 3.8) is 0 Å². The number of rotatable bonds is 15. The van der Waals surface area contributed by atoms with E-state index in [2.05, 4.69) is 14.6 Å². The number of hydrogen-bond donors (Lipinski definition) is 1. The second kappa shape index (κ2) is 14.2. The predicted molar refractivity (Wildman–Crippen MR) is 109 cm³/mol. The third-order valence-electron chi connectivity index (χ3n) is 4.08. The van der Waals surface area contributed by atoms with Gasteiger partial charge < -0.3 is 33.2 Å². The summed E-state index contributed by atoms with van der Waals surface area (Å²) in [5.41, 5.74) is 0. The van der Waals surface area contributed by atoms with Crippen LogP contribution in [-0.2, 0) is 23.3 Å². The minimum atomic E-state index is -1.56. The lowest BCUT2D eigenvalue weighted by atomic mass is 9.93. The molecule has 2 unspecified atom stereocenters. The van der Waals surface area contributed by atoms with E-state index < -0.39 is 32.8 Å². The van der Waals surface area contributed by atoms with E-state index in [4.69, 9.17) is 44.4 Å². The molecule has 0 saturated carbocycles. The van der Waals surface area contributed by atoms with Gasteiger partial charge in [0.2, 0.25) is 7.98 Å². The number of aliphatic hydroxyl groups is 1. The summed E-state index contributed by atoms with van der Waals surface area (Å²) in [4.78, 5) is 3.33. The molecule has 0 aliphatic carbocycles. The van der Waals surface area contributed by atoms with Crippen LogP contribution in [0.2, 0.25) is 0 Å². The SMILES string of the molecule is [2H]OC[C@H]1O[C@@H]([B])[C@@H](OCOCCC#N)C1OP(OCC[N+]#[C-])N(C(C)C)C(C)C. The summed E-state index contributed by atoms with van der Waals surface area (Å²) in [5, 5.41) is 13.1. The maximum Gasteiger partial charge on any atom is 0.259 e. The Labute approximate surface area is 177 Å². The van der Waals surface area contributed by atoms with Gasteiger partial charge in [-0.1, -0.05) is 0 Å². The summed E-state index contributed by atoms with van der Waals surface area (Å²) in [5.74, 6) is 0. The molecule has 0 bridgehead atoms. The Bertz CT molecular complexity index is 557. The van der Waals surface area contributed by atoms with Gasteiger partial charge in [0, 0.05) is 18.1 Å². The van der Waals surface area contributed by atoms with Crippen LogP contribution in [0.1, 0.15) is 34.1 Å². The maximum absolute atomic E-state index is 8.59. The molecule has 0 spiro atoms. The van der Waals surface area contributed by atoms with Crippen molar-refractivity contribution in [2.24, 2.45) is 0 Å². The molecule has 0 aromatic heterocycles. The van der Waals surface area contributed by atoms with E-state index >= 15 is 0 Å². The van der Waals surface area contributed by atoms with Crippen molar-refractivity contribution in [3.8, 4) is 6.07 Å². The summed E-state index contributed by atoms with van der Waals surface area (Å²) in [6, 6.07) is 1.43. The molecule has 1 heterocycles. The van der Waals surface area contributed by atoms with Crippen molar-refractivity contribution < 1.29 is 28.4 Å². The van der Waals surface area contributed by atoms with E-state index in [9.17, 15) is 0 Å². The highest BCUT2D eigenvalue weighted by molar-refractivity contribution is 7.44. The van der Waals surface area contributed by atoms with Gasteiger partial charge in [0.25, 0.3) is 8.53 Å². The van der Waals surface area contributed by atoms with Gasteiger partial charge in [-0.2, -0.15) is 5.26 Å². The largest absolute Gasteiger partial charge is 0.394 e. The molecule has 1 saturated heterocycles. The second-order valence-corrected chi connectivity index (χ2v) is 8.37. The molecule has 0 aromatic rings. The summed E-state index contributed by atoms with van der Waals surface area (Å²) in [6.45, 7) is 15.7. The van der Waals surface area contributed by atoms with Crippen LogP contribution in [0.5, 0.6) is 0 Å². The minimum absolute atomic E-state index is 0.0535. The predicted octanol–water partition coefficient (Wildman–Crippen LogP) is 1.81. The average molecular weight is 428 g/mol. The van der Waals surface area contributed by atoms with E-state index in [0.717, 1.165) is 0 Å². The first-order valence-electron chi connectivity index (χ1n) is 10.0. The molecule has 0 aromatic carbocycles. The van der Waals surface area contributed by atoms with Crippen molar-refractivity contribution in [1.29, 1.82) is 6.69 Å². The first-order valence-corrected chi connectivity index (χ1v) is 10.8. The van der Waals surface area contributed by atoms with Crippen molar-refractivity contribution in [2.45, 2.75) is 70.5 Å². The molecule has 0 amide bonds. The Morgan fingerprint density at radius 3 is 2.66 bits per heavy atom. The zero-order chi connectivity index (χ0) is 22.5. The molecule has 9 nitrogen and oxygen atoms in total. The first-order chi connectivity index (χ1) is 14.4. The van der Waals surface area contributed by atoms with Gasteiger partial charge in [-0.3, -0.25) is 0 Å². The topological polar surface area (TPSA) is 97.8 Å². The van der Waals surface area contributed by atoms with E-state index in [1.165, 1.54) is 0 Å². The minimum Gasteiger partial charge on any atom is -0.394 e. The lowest BCUT2D eigenvalue weighted by molar-refractivity contribution is -0.113. The van der Waals surface area contributed by atoms with Gasteiger partial charge in [-0.05, 0) is 27.7 Å². The van der Waals surface area contributed by atoms with Crippen LogP contribution in [0.15, 0.2) is 0 Å². The number of hydrogen-bond acceptors (Lipinski definition) is 8. The Balaban J connectivity index is 2.96. The molecule has 1 fully saturated rings. The Morgan fingerprint density at radius 2 is 2.07 bits per heavy atom. The van der Waals surface area contributed by atoms with E-state index in [0.29, 0.717) is 0 Å². The highest BCUT2D eigenvalue weighted by Crippen LogP contribution is 2.49. The highest BCUT2D eigenvalue weighted by atomic mass is 31.2. The summed E-state index contributed by atoms with van der Waals surface area (Å²) >= 11 is 0. The number of nitriles is 1. The lowest BCUT2D eigenvalue weighted by Crippen LogP contribution is -2.41. The summed E-state index contributed by atoms with van der Waals surface area (Å²) in [7, 11) is 4.53. The molecule has 29 heavy (non-hydrogen) atoms. The van der Waals surface area contributed by atoms with Crippen molar-refractivity contribution in [2.75, 3.05) is 33.2 Å². The van der Waals surface area contributed by atoms with Gasteiger partial charge in [-0.25, -0.2) is 11.2 Å². The van der Waals surface area contributed by atoms with Crippen molar-refractivity contribution in [3.05, 3.63) is 11.4 Å². The third kappa shape index (κ3) is 8.45. The maximum atomic E-state index is 8.59. The first kappa shape index (κ1) is 24.5.